The summed E-state index contributed by atoms with van der Waals surface area (Å²) in [6.45, 7) is 0. The van der Waals surface area contributed by atoms with Gasteiger partial charge in [0, 0.05) is 11.6 Å². The highest BCUT2D eigenvalue weighted by Gasteiger charge is 2.13. The summed E-state index contributed by atoms with van der Waals surface area (Å²) >= 11 is 4.99. The number of carbonyl (C=O) groups excluding carboxylic acids is 1. The standard InChI is InChI=1S/C14H12N4O3S/c19-13(10-6-2-1-3-7-10)16-17-14(22)15-11-8-4-5-9-12(11)18(20)21/h1-9H,(H,16,19)(H2,15,17,22). The van der Waals surface area contributed by atoms with E-state index in [0.29, 0.717) is 5.56 Å². The van der Waals surface area contributed by atoms with E-state index in [0.717, 1.165) is 0 Å². The molecule has 22 heavy (non-hydrogen) atoms. The molecule has 2 aromatic rings. The van der Waals surface area contributed by atoms with Gasteiger partial charge in [-0.15, -0.1) is 0 Å². The summed E-state index contributed by atoms with van der Waals surface area (Å²) in [7, 11) is 0. The first-order valence-corrected chi connectivity index (χ1v) is 6.64. The van der Waals surface area contributed by atoms with Crippen molar-refractivity contribution >= 4 is 34.6 Å². The van der Waals surface area contributed by atoms with E-state index >= 15 is 0 Å². The van der Waals surface area contributed by atoms with Crippen LogP contribution in [-0.4, -0.2) is 15.9 Å². The summed E-state index contributed by atoms with van der Waals surface area (Å²) in [6, 6.07) is 14.6. The third kappa shape index (κ3) is 4.00. The molecule has 0 saturated heterocycles. The molecule has 2 aromatic carbocycles. The number of amides is 1. The number of nitrogens with zero attached hydrogens (tertiary/aromatic N) is 1. The van der Waals surface area contributed by atoms with Gasteiger partial charge in [-0.05, 0) is 30.4 Å². The average molecular weight is 316 g/mol. The number of nitrogens with one attached hydrogen (secondary N) is 3. The lowest BCUT2D eigenvalue weighted by Crippen LogP contribution is -2.43. The molecule has 3 N–H and O–H groups in total. The van der Waals surface area contributed by atoms with Crippen molar-refractivity contribution in [2.24, 2.45) is 0 Å². The number of hydrogen-bond donors (Lipinski definition) is 3. The van der Waals surface area contributed by atoms with Crippen LogP contribution in [0.25, 0.3) is 0 Å². The van der Waals surface area contributed by atoms with Gasteiger partial charge in [0.2, 0.25) is 0 Å². The summed E-state index contributed by atoms with van der Waals surface area (Å²) in [5, 5.41) is 13.6. The summed E-state index contributed by atoms with van der Waals surface area (Å²) in [4.78, 5) is 22.2. The van der Waals surface area contributed by atoms with Crippen molar-refractivity contribution in [1.29, 1.82) is 0 Å². The van der Waals surface area contributed by atoms with Crippen LogP contribution in [0.5, 0.6) is 0 Å². The Hall–Kier alpha value is -3.00. The number of nitro benzene ring substituents is 1. The monoisotopic (exact) mass is 316 g/mol. The smallest absolute Gasteiger partial charge is 0.292 e. The minimum atomic E-state index is -0.520. The lowest BCUT2D eigenvalue weighted by atomic mass is 10.2. The second-order valence-corrected chi connectivity index (χ2v) is 4.58. The van der Waals surface area contributed by atoms with E-state index in [4.69, 9.17) is 12.2 Å². The Balaban J connectivity index is 1.94. The Morgan fingerprint density at radius 3 is 2.32 bits per heavy atom. The number of hydrazine groups is 1. The first kappa shape index (κ1) is 15.4. The van der Waals surface area contributed by atoms with Crippen LogP contribution in [0.4, 0.5) is 11.4 Å². The van der Waals surface area contributed by atoms with Gasteiger partial charge in [-0.25, -0.2) is 0 Å². The largest absolute Gasteiger partial charge is 0.326 e. The van der Waals surface area contributed by atoms with E-state index in [1.807, 2.05) is 0 Å². The number of thiocarbonyl (C=S) groups is 1. The van der Waals surface area contributed by atoms with E-state index in [1.54, 1.807) is 42.5 Å². The zero-order chi connectivity index (χ0) is 15.9. The van der Waals surface area contributed by atoms with E-state index < -0.39 is 4.92 Å². The molecule has 0 aliphatic rings. The maximum atomic E-state index is 11.8. The topological polar surface area (TPSA) is 96.3 Å². The lowest BCUT2D eigenvalue weighted by Gasteiger charge is -2.11. The average Bonchev–Trinajstić information content (AvgIpc) is 2.53. The van der Waals surface area contributed by atoms with Crippen LogP contribution in [0.3, 0.4) is 0 Å². The summed E-state index contributed by atoms with van der Waals surface area (Å²) < 4.78 is 0. The number of rotatable bonds is 3. The highest BCUT2D eigenvalue weighted by Crippen LogP contribution is 2.22. The quantitative estimate of drug-likeness (QED) is 0.456. The van der Waals surface area contributed by atoms with Gasteiger partial charge in [0.1, 0.15) is 5.69 Å². The van der Waals surface area contributed by atoms with Gasteiger partial charge in [-0.3, -0.25) is 25.8 Å². The molecule has 0 bridgehead atoms. The maximum absolute atomic E-state index is 11.8. The molecule has 2 rings (SSSR count). The van der Waals surface area contributed by atoms with Gasteiger partial charge in [0.05, 0.1) is 4.92 Å². The van der Waals surface area contributed by atoms with Gasteiger partial charge < -0.3 is 5.32 Å². The molecule has 0 aromatic heterocycles. The van der Waals surface area contributed by atoms with Crippen LogP contribution >= 0.6 is 12.2 Å². The van der Waals surface area contributed by atoms with E-state index in [2.05, 4.69) is 16.2 Å². The third-order valence-electron chi connectivity index (χ3n) is 2.67. The summed E-state index contributed by atoms with van der Waals surface area (Å²) in [5.41, 5.74) is 5.49. The minimum absolute atomic E-state index is 0.0404. The van der Waals surface area contributed by atoms with E-state index in [-0.39, 0.29) is 22.4 Å². The molecule has 0 fully saturated rings. The molecular formula is C14H12N4O3S. The van der Waals surface area contributed by atoms with Crippen molar-refractivity contribution in [2.75, 3.05) is 5.32 Å². The van der Waals surface area contributed by atoms with Crippen molar-refractivity contribution in [3.63, 3.8) is 0 Å². The molecule has 0 unspecified atom stereocenters. The fourth-order valence-electron chi connectivity index (χ4n) is 1.67. The molecule has 0 radical (unpaired) electrons. The van der Waals surface area contributed by atoms with Crippen molar-refractivity contribution in [3.05, 3.63) is 70.3 Å². The fourth-order valence-corrected chi connectivity index (χ4v) is 1.83. The number of para-hydroxylation sites is 2. The first-order valence-electron chi connectivity index (χ1n) is 6.24. The summed E-state index contributed by atoms with van der Waals surface area (Å²) in [5.74, 6) is -0.368. The Bertz CT molecular complexity index is 706. The van der Waals surface area contributed by atoms with Crippen molar-refractivity contribution in [3.8, 4) is 0 Å². The summed E-state index contributed by atoms with van der Waals surface area (Å²) in [6.07, 6.45) is 0. The van der Waals surface area contributed by atoms with Crippen LogP contribution in [-0.2, 0) is 0 Å². The van der Waals surface area contributed by atoms with Gasteiger partial charge in [0.15, 0.2) is 5.11 Å². The molecule has 1 amide bonds. The van der Waals surface area contributed by atoms with E-state index in [1.165, 1.54) is 12.1 Å². The van der Waals surface area contributed by atoms with Crippen molar-refractivity contribution in [1.82, 2.24) is 10.9 Å². The second kappa shape index (κ2) is 7.14. The molecular weight excluding hydrogens is 304 g/mol. The minimum Gasteiger partial charge on any atom is -0.326 e. The van der Waals surface area contributed by atoms with Gasteiger partial charge in [0.25, 0.3) is 11.6 Å². The van der Waals surface area contributed by atoms with Crippen molar-refractivity contribution in [2.45, 2.75) is 0 Å². The zero-order valence-electron chi connectivity index (χ0n) is 11.3. The van der Waals surface area contributed by atoms with Crippen LogP contribution < -0.4 is 16.2 Å². The first-order chi connectivity index (χ1) is 10.6. The van der Waals surface area contributed by atoms with Gasteiger partial charge >= 0.3 is 0 Å². The number of carbonyl (C=O) groups is 1. The number of nitro groups is 1. The van der Waals surface area contributed by atoms with Crippen LogP contribution in [0.1, 0.15) is 10.4 Å². The predicted octanol–water partition coefficient (Wildman–Crippen LogP) is 2.23. The zero-order valence-corrected chi connectivity index (χ0v) is 12.1. The second-order valence-electron chi connectivity index (χ2n) is 4.17. The fraction of sp³-hybridized carbons (Fsp3) is 0. The maximum Gasteiger partial charge on any atom is 0.292 e. The molecule has 0 aliphatic heterocycles. The lowest BCUT2D eigenvalue weighted by molar-refractivity contribution is -0.383. The normalized spacial score (nSPS) is 9.64. The molecule has 0 saturated carbocycles. The number of benzene rings is 2. The van der Waals surface area contributed by atoms with Gasteiger partial charge in [-0.2, -0.15) is 0 Å². The van der Waals surface area contributed by atoms with Gasteiger partial charge in [-0.1, -0.05) is 30.3 Å². The molecule has 7 nitrogen and oxygen atoms in total. The van der Waals surface area contributed by atoms with Crippen LogP contribution in [0, 0.1) is 10.1 Å². The number of hydrogen-bond acceptors (Lipinski definition) is 4. The highest BCUT2D eigenvalue weighted by atomic mass is 32.1. The molecule has 0 atom stereocenters. The highest BCUT2D eigenvalue weighted by molar-refractivity contribution is 7.80. The Kier molecular flexibility index (Phi) is 4.99. The molecule has 8 heteroatoms. The Morgan fingerprint density at radius 2 is 1.64 bits per heavy atom. The molecule has 112 valence electrons. The predicted molar refractivity (Wildman–Crippen MR) is 86.4 cm³/mol. The number of anilines is 1. The van der Waals surface area contributed by atoms with E-state index in [9.17, 15) is 14.9 Å². The molecule has 0 heterocycles. The van der Waals surface area contributed by atoms with Crippen LogP contribution in [0.2, 0.25) is 0 Å². The molecule has 0 aliphatic carbocycles. The SMILES string of the molecule is O=C(NNC(=S)Nc1ccccc1[N+](=O)[O-])c1ccccc1. The Labute approximate surface area is 131 Å². The van der Waals surface area contributed by atoms with Crippen molar-refractivity contribution < 1.29 is 9.72 Å². The Morgan fingerprint density at radius 1 is 1.00 bits per heavy atom. The third-order valence-corrected chi connectivity index (χ3v) is 2.88. The van der Waals surface area contributed by atoms with Crippen LogP contribution in [0.15, 0.2) is 54.6 Å². The molecule has 0 spiro atoms.